The Morgan fingerprint density at radius 2 is 0.912 bits per heavy atom. The Hall–Kier alpha value is -1.06. The predicted molar refractivity (Wildman–Crippen MR) is 144 cm³/mol. The van der Waals surface area contributed by atoms with Gasteiger partial charge in [0.15, 0.2) is 0 Å². The number of rotatable bonds is 27. The summed E-state index contributed by atoms with van der Waals surface area (Å²) >= 11 is 0. The van der Waals surface area contributed by atoms with Crippen molar-refractivity contribution >= 4 is 11.9 Å². The second-order valence-electron chi connectivity index (χ2n) is 10.3. The first-order chi connectivity index (χ1) is 16.6. The number of ether oxygens (including phenoxy) is 1. The smallest absolute Gasteiger partial charge is 0.306 e. The lowest BCUT2D eigenvalue weighted by Gasteiger charge is -2.18. The van der Waals surface area contributed by atoms with E-state index in [2.05, 4.69) is 13.8 Å². The molecule has 0 rings (SSSR count). The van der Waals surface area contributed by atoms with Gasteiger partial charge in [0.2, 0.25) is 0 Å². The number of carboxylic acid groups (broad SMARTS) is 1. The summed E-state index contributed by atoms with van der Waals surface area (Å²) in [5, 5.41) is 8.65. The standard InChI is InChI=1S/C30H58O4/c1-3-5-7-8-9-10-11-12-17-20-23-27-30(33)34-28(24-6-4-2)25-21-18-15-13-14-16-19-22-26-29(31)32/h28H,3-27H2,1-2H3,(H,31,32). The second-order valence-corrected chi connectivity index (χ2v) is 10.3. The van der Waals surface area contributed by atoms with E-state index in [1.165, 1.54) is 83.5 Å². The van der Waals surface area contributed by atoms with E-state index in [0.29, 0.717) is 12.8 Å². The number of hydrogen-bond donors (Lipinski definition) is 1. The largest absolute Gasteiger partial charge is 0.481 e. The Kier molecular flexibility index (Phi) is 25.7. The Morgan fingerprint density at radius 1 is 0.529 bits per heavy atom. The molecule has 0 aliphatic carbocycles. The molecule has 0 saturated heterocycles. The number of carbonyl (C=O) groups excluding carboxylic acids is 1. The van der Waals surface area contributed by atoms with Gasteiger partial charge in [0, 0.05) is 12.8 Å². The summed E-state index contributed by atoms with van der Waals surface area (Å²) in [6.07, 6.45) is 28.6. The zero-order chi connectivity index (χ0) is 25.1. The van der Waals surface area contributed by atoms with E-state index in [-0.39, 0.29) is 12.1 Å². The number of carbonyl (C=O) groups is 2. The first-order valence-electron chi connectivity index (χ1n) is 15.0. The third kappa shape index (κ3) is 25.6. The van der Waals surface area contributed by atoms with Gasteiger partial charge in [0.1, 0.15) is 6.10 Å². The van der Waals surface area contributed by atoms with Gasteiger partial charge in [0.25, 0.3) is 0 Å². The minimum Gasteiger partial charge on any atom is -0.481 e. The molecular weight excluding hydrogens is 424 g/mol. The van der Waals surface area contributed by atoms with Gasteiger partial charge in [-0.05, 0) is 32.1 Å². The van der Waals surface area contributed by atoms with Crippen LogP contribution in [-0.4, -0.2) is 23.1 Å². The molecule has 1 unspecified atom stereocenters. The van der Waals surface area contributed by atoms with Gasteiger partial charge in [-0.15, -0.1) is 0 Å². The summed E-state index contributed by atoms with van der Waals surface area (Å²) in [5.41, 5.74) is 0. The van der Waals surface area contributed by atoms with Crippen molar-refractivity contribution in [3.8, 4) is 0 Å². The average Bonchev–Trinajstić information content (AvgIpc) is 2.81. The van der Waals surface area contributed by atoms with Crippen LogP contribution in [0.25, 0.3) is 0 Å². The molecule has 0 aliphatic heterocycles. The summed E-state index contributed by atoms with van der Waals surface area (Å²) in [6.45, 7) is 4.46. The molecule has 0 saturated carbocycles. The molecule has 34 heavy (non-hydrogen) atoms. The van der Waals surface area contributed by atoms with Crippen LogP contribution >= 0.6 is 0 Å². The minimum atomic E-state index is -0.683. The van der Waals surface area contributed by atoms with Crippen LogP contribution in [0.15, 0.2) is 0 Å². The van der Waals surface area contributed by atoms with Crippen LogP contribution in [0.1, 0.15) is 174 Å². The van der Waals surface area contributed by atoms with E-state index in [9.17, 15) is 9.59 Å². The van der Waals surface area contributed by atoms with Crippen LogP contribution in [0.5, 0.6) is 0 Å². The van der Waals surface area contributed by atoms with Gasteiger partial charge in [-0.25, -0.2) is 0 Å². The second kappa shape index (κ2) is 26.5. The summed E-state index contributed by atoms with van der Waals surface area (Å²) < 4.78 is 5.85. The molecule has 0 radical (unpaired) electrons. The first kappa shape index (κ1) is 32.9. The zero-order valence-electron chi connectivity index (χ0n) is 22.9. The maximum Gasteiger partial charge on any atom is 0.306 e. The molecule has 1 N–H and O–H groups in total. The van der Waals surface area contributed by atoms with Crippen LogP contribution < -0.4 is 0 Å². The molecule has 1 atom stereocenters. The van der Waals surface area contributed by atoms with Crippen molar-refractivity contribution in [1.29, 1.82) is 0 Å². The van der Waals surface area contributed by atoms with Crippen LogP contribution in [0.4, 0.5) is 0 Å². The normalized spacial score (nSPS) is 12.1. The topological polar surface area (TPSA) is 63.6 Å². The zero-order valence-corrected chi connectivity index (χ0v) is 22.9. The van der Waals surface area contributed by atoms with Gasteiger partial charge in [0.05, 0.1) is 0 Å². The molecule has 0 aromatic carbocycles. The van der Waals surface area contributed by atoms with Gasteiger partial charge in [-0.3, -0.25) is 9.59 Å². The molecule has 0 aliphatic rings. The van der Waals surface area contributed by atoms with Crippen molar-refractivity contribution in [1.82, 2.24) is 0 Å². The fourth-order valence-electron chi connectivity index (χ4n) is 4.58. The van der Waals surface area contributed by atoms with Crippen molar-refractivity contribution in [2.45, 2.75) is 180 Å². The highest BCUT2D eigenvalue weighted by Crippen LogP contribution is 2.17. The Balaban J connectivity index is 3.69. The van der Waals surface area contributed by atoms with Crippen LogP contribution in [-0.2, 0) is 14.3 Å². The van der Waals surface area contributed by atoms with Crippen LogP contribution in [0, 0.1) is 0 Å². The highest BCUT2D eigenvalue weighted by Gasteiger charge is 2.13. The molecule has 0 aromatic heterocycles. The molecular formula is C30H58O4. The molecule has 0 amide bonds. The van der Waals surface area contributed by atoms with Crippen molar-refractivity contribution in [2.24, 2.45) is 0 Å². The molecule has 0 heterocycles. The highest BCUT2D eigenvalue weighted by atomic mass is 16.5. The first-order valence-corrected chi connectivity index (χ1v) is 15.0. The lowest BCUT2D eigenvalue weighted by Crippen LogP contribution is -2.18. The van der Waals surface area contributed by atoms with Crippen molar-refractivity contribution in [2.75, 3.05) is 0 Å². The van der Waals surface area contributed by atoms with Gasteiger partial charge in [-0.1, -0.05) is 129 Å². The highest BCUT2D eigenvalue weighted by molar-refractivity contribution is 5.69. The third-order valence-electron chi connectivity index (χ3n) is 6.83. The maximum atomic E-state index is 12.3. The fourth-order valence-corrected chi connectivity index (χ4v) is 4.58. The molecule has 0 aromatic rings. The van der Waals surface area contributed by atoms with Crippen LogP contribution in [0.2, 0.25) is 0 Å². The monoisotopic (exact) mass is 482 g/mol. The number of carboxylic acids is 1. The van der Waals surface area contributed by atoms with E-state index < -0.39 is 5.97 Å². The van der Waals surface area contributed by atoms with Gasteiger partial charge in [-0.2, -0.15) is 0 Å². The van der Waals surface area contributed by atoms with E-state index in [0.717, 1.165) is 64.2 Å². The Bertz CT molecular complexity index is 449. The summed E-state index contributed by atoms with van der Waals surface area (Å²) in [5.74, 6) is -0.671. The SMILES string of the molecule is CCCCCCCCCCCCCC(=O)OC(CCCC)CCCCCCCCCCC(=O)O. The summed E-state index contributed by atoms with van der Waals surface area (Å²) in [6, 6.07) is 0. The Morgan fingerprint density at radius 3 is 1.38 bits per heavy atom. The third-order valence-corrected chi connectivity index (χ3v) is 6.83. The summed E-state index contributed by atoms with van der Waals surface area (Å²) in [4.78, 5) is 22.8. The summed E-state index contributed by atoms with van der Waals surface area (Å²) in [7, 11) is 0. The lowest BCUT2D eigenvalue weighted by atomic mass is 10.0. The Labute approximate surface area is 212 Å². The van der Waals surface area contributed by atoms with Crippen molar-refractivity contribution < 1.29 is 19.4 Å². The molecule has 0 fully saturated rings. The fraction of sp³-hybridized carbons (Fsp3) is 0.933. The number of aliphatic carboxylic acids is 1. The number of unbranched alkanes of at least 4 members (excludes halogenated alkanes) is 18. The lowest BCUT2D eigenvalue weighted by molar-refractivity contribution is -0.150. The molecule has 202 valence electrons. The van der Waals surface area contributed by atoms with E-state index in [1.807, 2.05) is 0 Å². The molecule has 0 spiro atoms. The van der Waals surface area contributed by atoms with E-state index in [4.69, 9.17) is 9.84 Å². The van der Waals surface area contributed by atoms with Crippen molar-refractivity contribution in [3.05, 3.63) is 0 Å². The molecule has 4 nitrogen and oxygen atoms in total. The average molecular weight is 483 g/mol. The van der Waals surface area contributed by atoms with E-state index in [1.54, 1.807) is 0 Å². The van der Waals surface area contributed by atoms with E-state index >= 15 is 0 Å². The van der Waals surface area contributed by atoms with Gasteiger partial charge >= 0.3 is 11.9 Å². The quantitative estimate of drug-likeness (QED) is 0.0934. The number of hydrogen-bond acceptors (Lipinski definition) is 3. The predicted octanol–water partition coefficient (Wildman–Crippen LogP) is 9.78. The number of esters is 1. The van der Waals surface area contributed by atoms with Gasteiger partial charge < -0.3 is 9.84 Å². The van der Waals surface area contributed by atoms with Crippen LogP contribution in [0.3, 0.4) is 0 Å². The van der Waals surface area contributed by atoms with Crippen molar-refractivity contribution in [3.63, 3.8) is 0 Å². The molecule has 0 bridgehead atoms. The minimum absolute atomic E-state index is 0.0124. The maximum absolute atomic E-state index is 12.3. The molecule has 4 heteroatoms.